The van der Waals surface area contributed by atoms with Gasteiger partial charge in [0.05, 0.1) is 16.7 Å². The van der Waals surface area contributed by atoms with Gasteiger partial charge in [-0.15, -0.1) is 0 Å². The fourth-order valence-corrected chi connectivity index (χ4v) is 4.62. The van der Waals surface area contributed by atoms with Crippen LogP contribution in [0.2, 0.25) is 0 Å². The molecule has 12 nitrogen and oxygen atoms in total. The van der Waals surface area contributed by atoms with Crippen molar-refractivity contribution < 1.29 is 65.6 Å². The molecule has 18 heteroatoms. The molecule has 1 saturated heterocycles. The van der Waals surface area contributed by atoms with Crippen molar-refractivity contribution in [2.45, 2.75) is 42.0 Å². The van der Waals surface area contributed by atoms with E-state index in [1.54, 1.807) is 0 Å². The van der Waals surface area contributed by atoms with Crippen LogP contribution in [-0.2, 0) is 21.9 Å². The molecule has 1 aromatic rings. The Labute approximate surface area is 195 Å². The maximum absolute atomic E-state index is 13.4. The minimum Gasteiger partial charge on any atom is -0.479 e. The molecule has 0 aromatic heterocycles. The highest BCUT2D eigenvalue weighted by molar-refractivity contribution is 5.92. The summed E-state index contributed by atoms with van der Waals surface area (Å²) in [6, 6.07) is -3.01. The lowest BCUT2D eigenvalue weighted by Crippen LogP contribution is -2.92. The van der Waals surface area contributed by atoms with Gasteiger partial charge in [-0.2, -0.15) is 26.3 Å². The first-order valence-electron chi connectivity index (χ1n) is 9.92. The van der Waals surface area contributed by atoms with E-state index >= 15 is 0 Å². The first-order valence-corrected chi connectivity index (χ1v) is 9.92. The molecule has 0 amide bonds. The molecular weight excluding hydrogens is 510 g/mol. The SMILES string of the molecule is NC1=[NH+][C@H]2C(C(=O)O)NC(N)=[N+]3C[C@H](OC(=O)c4cc(C(F)(F)F)ccc4C(F)(F)F)C(O)(O)[C@]23N1. The second-order valence-corrected chi connectivity index (χ2v) is 8.26. The van der Waals surface area contributed by atoms with Crippen molar-refractivity contribution in [3.05, 3.63) is 34.9 Å². The van der Waals surface area contributed by atoms with Gasteiger partial charge in [0.2, 0.25) is 6.04 Å². The van der Waals surface area contributed by atoms with Crippen molar-refractivity contribution in [2.24, 2.45) is 11.5 Å². The molecule has 3 aliphatic heterocycles. The van der Waals surface area contributed by atoms with Crippen LogP contribution in [0.1, 0.15) is 21.5 Å². The van der Waals surface area contributed by atoms with E-state index in [9.17, 15) is 51.3 Å². The average Bonchev–Trinajstić information content (AvgIpc) is 3.20. The third-order valence-electron chi connectivity index (χ3n) is 6.19. The third-order valence-corrected chi connectivity index (χ3v) is 6.19. The van der Waals surface area contributed by atoms with Crippen LogP contribution < -0.4 is 27.1 Å². The number of ether oxygens (including phenoxy) is 1. The molecule has 0 bridgehead atoms. The van der Waals surface area contributed by atoms with Crippen LogP contribution in [-0.4, -0.2) is 79.9 Å². The van der Waals surface area contributed by atoms with E-state index in [2.05, 4.69) is 15.6 Å². The number of esters is 1. The number of aliphatic hydroxyl groups is 2. The highest BCUT2D eigenvalue weighted by Gasteiger charge is 2.79. The molecule has 36 heavy (non-hydrogen) atoms. The normalized spacial score (nSPS) is 29.0. The molecule has 0 saturated carbocycles. The van der Waals surface area contributed by atoms with Gasteiger partial charge in [-0.25, -0.2) is 19.5 Å². The number of rotatable bonds is 3. The Kier molecular flexibility index (Phi) is 5.34. The summed E-state index contributed by atoms with van der Waals surface area (Å²) in [4.78, 5) is 26.9. The van der Waals surface area contributed by atoms with Gasteiger partial charge in [0.15, 0.2) is 12.1 Å². The number of alkyl halides is 6. The van der Waals surface area contributed by atoms with Gasteiger partial charge < -0.3 is 20.1 Å². The number of carboxylic acids is 1. The standard InChI is InChI=1S/C18H16F6N6O6/c19-17(20,21)5-1-2-7(18(22,23)24)6(3-5)12(33)36-8-4-30-14(26)27-9(11(31)32)10-15(30,16(8,34)35)29-13(25)28-10/h1-3,8-10,34-35H,4H2,(H6,25,26,27,28,29,31,32)/p+2/t8-,9?,10-,15-/m0/s1. The summed E-state index contributed by atoms with van der Waals surface area (Å²) in [5.74, 6) is -7.54. The summed E-state index contributed by atoms with van der Waals surface area (Å²) in [5, 5.41) is 36.4. The summed E-state index contributed by atoms with van der Waals surface area (Å²) in [6.07, 6.45) is -12.5. The van der Waals surface area contributed by atoms with Gasteiger partial charge in [0.1, 0.15) is 6.54 Å². The number of carbonyl (C=O) groups is 2. The molecule has 196 valence electrons. The summed E-state index contributed by atoms with van der Waals surface area (Å²) in [7, 11) is 0. The molecule has 1 unspecified atom stereocenters. The van der Waals surface area contributed by atoms with Crippen molar-refractivity contribution in [3.63, 3.8) is 0 Å². The minimum atomic E-state index is -5.26. The summed E-state index contributed by atoms with van der Waals surface area (Å²) in [5.41, 5.74) is 4.32. The second-order valence-electron chi connectivity index (χ2n) is 8.26. The van der Waals surface area contributed by atoms with Crippen LogP contribution in [0, 0.1) is 0 Å². The first kappa shape index (κ1) is 25.3. The number of nitrogens with one attached hydrogen (secondary N) is 3. The molecule has 3 aliphatic rings. The topological polar surface area (TPSA) is 197 Å². The van der Waals surface area contributed by atoms with E-state index in [4.69, 9.17) is 16.2 Å². The lowest BCUT2D eigenvalue weighted by molar-refractivity contribution is -0.672. The van der Waals surface area contributed by atoms with Crippen molar-refractivity contribution in [3.8, 4) is 0 Å². The van der Waals surface area contributed by atoms with Gasteiger partial charge >= 0.3 is 41.9 Å². The molecule has 4 rings (SSSR count). The van der Waals surface area contributed by atoms with Crippen LogP contribution in [0.3, 0.4) is 0 Å². The van der Waals surface area contributed by atoms with Crippen molar-refractivity contribution in [1.29, 1.82) is 0 Å². The number of benzene rings is 1. The molecule has 3 heterocycles. The fourth-order valence-electron chi connectivity index (χ4n) is 4.62. The van der Waals surface area contributed by atoms with Crippen LogP contribution >= 0.6 is 0 Å². The summed E-state index contributed by atoms with van der Waals surface area (Å²) < 4.78 is 85.3. The fraction of sp³-hybridized carbons (Fsp3) is 0.444. The Morgan fingerprint density at radius 3 is 2.33 bits per heavy atom. The number of carboxylic acid groups (broad SMARTS) is 1. The Hall–Kier alpha value is -3.80. The van der Waals surface area contributed by atoms with Gasteiger partial charge in [-0.1, -0.05) is 0 Å². The molecule has 1 spiro atoms. The van der Waals surface area contributed by atoms with Crippen LogP contribution in [0.4, 0.5) is 26.3 Å². The van der Waals surface area contributed by atoms with E-state index in [0.717, 1.165) is 4.58 Å². The molecule has 1 aromatic carbocycles. The molecule has 0 aliphatic carbocycles. The Morgan fingerprint density at radius 2 is 1.78 bits per heavy atom. The monoisotopic (exact) mass is 528 g/mol. The predicted molar refractivity (Wildman–Crippen MR) is 102 cm³/mol. The zero-order chi connectivity index (χ0) is 27.0. The zero-order valence-corrected chi connectivity index (χ0v) is 17.6. The molecule has 4 atom stereocenters. The number of aliphatic carboxylic acids is 1. The number of halogens is 6. The predicted octanol–water partition coefficient (Wildman–Crippen LogP) is -3.61. The molecule has 1 fully saturated rings. The summed E-state index contributed by atoms with van der Waals surface area (Å²) in [6.45, 7) is -0.733. The van der Waals surface area contributed by atoms with Crippen molar-refractivity contribution in [2.75, 3.05) is 6.54 Å². The van der Waals surface area contributed by atoms with Gasteiger partial charge in [-0.05, 0) is 18.2 Å². The largest absolute Gasteiger partial charge is 0.479 e. The quantitative estimate of drug-likeness (QED) is 0.0840. The van der Waals surface area contributed by atoms with Crippen molar-refractivity contribution in [1.82, 2.24) is 10.6 Å². The lowest BCUT2D eigenvalue weighted by Gasteiger charge is -2.39. The Morgan fingerprint density at radius 1 is 1.14 bits per heavy atom. The van der Waals surface area contributed by atoms with Gasteiger partial charge in [0.25, 0.3) is 5.79 Å². The number of hydrogen-bond donors (Lipinski definition) is 8. The molecule has 0 radical (unpaired) electrons. The number of carbonyl (C=O) groups excluding carboxylic acids is 1. The van der Waals surface area contributed by atoms with E-state index in [1.807, 2.05) is 0 Å². The number of guanidine groups is 2. The van der Waals surface area contributed by atoms with E-state index in [1.165, 1.54) is 0 Å². The van der Waals surface area contributed by atoms with E-state index in [-0.39, 0.29) is 24.2 Å². The molecular formula is C18H18F6N6O6+2. The van der Waals surface area contributed by atoms with Crippen LogP contribution in [0.15, 0.2) is 18.2 Å². The Balaban J connectivity index is 1.76. The maximum atomic E-state index is 13.4. The number of nitrogens with zero attached hydrogens (tertiary/aromatic N) is 1. The van der Waals surface area contributed by atoms with Gasteiger partial charge in [0, 0.05) is 0 Å². The zero-order valence-electron chi connectivity index (χ0n) is 17.6. The summed E-state index contributed by atoms with van der Waals surface area (Å²) >= 11 is 0. The van der Waals surface area contributed by atoms with E-state index < -0.39 is 83.1 Å². The molecule has 10 N–H and O–H groups in total. The number of nitrogens with two attached hydrogens (primary N) is 2. The van der Waals surface area contributed by atoms with Crippen molar-refractivity contribution >= 4 is 23.9 Å². The van der Waals surface area contributed by atoms with Gasteiger partial charge in [-0.3, -0.25) is 21.8 Å². The van der Waals surface area contributed by atoms with Crippen LogP contribution in [0.5, 0.6) is 0 Å². The maximum Gasteiger partial charge on any atom is 0.417 e. The number of hydrogen-bond acceptors (Lipinski definition) is 9. The highest BCUT2D eigenvalue weighted by Crippen LogP contribution is 2.41. The Bertz CT molecular complexity index is 1210. The smallest absolute Gasteiger partial charge is 0.417 e. The second kappa shape index (κ2) is 7.60. The van der Waals surface area contributed by atoms with Crippen LogP contribution in [0.25, 0.3) is 0 Å². The third kappa shape index (κ3) is 3.55. The minimum absolute atomic E-state index is 0.0441. The lowest BCUT2D eigenvalue weighted by atomic mass is 9.86. The first-order chi connectivity index (χ1) is 16.4. The average molecular weight is 528 g/mol. The van der Waals surface area contributed by atoms with E-state index in [0.29, 0.717) is 0 Å². The highest BCUT2D eigenvalue weighted by atomic mass is 19.4.